The maximum Gasteiger partial charge on any atom is 0.246 e. The van der Waals surface area contributed by atoms with Gasteiger partial charge in [-0.3, -0.25) is 4.79 Å². The molecule has 32 heavy (non-hydrogen) atoms. The van der Waals surface area contributed by atoms with Crippen LogP contribution in [0.5, 0.6) is 0 Å². The summed E-state index contributed by atoms with van der Waals surface area (Å²) in [5.74, 6) is 0.230. The van der Waals surface area contributed by atoms with E-state index in [2.05, 4.69) is 20.6 Å². The minimum absolute atomic E-state index is 0.0794. The van der Waals surface area contributed by atoms with E-state index in [4.69, 9.17) is 4.74 Å². The van der Waals surface area contributed by atoms with Crippen molar-refractivity contribution in [1.29, 1.82) is 0 Å². The number of anilines is 1. The standard InChI is InChI=1S/C23H29N5O4/c1-24-22-17-8-10-28(23(17)27-14-26-22)18-11-16(20(30)21(18)31)12-32-13-19(29)25-9-7-15-5-3-2-4-6-15/h2-6,8,10,14,16,18,20-21,30-31H,7,9,11-13H2,1H3,(H,25,29)(H,24,26,27)/t16-,18-,20-,21+/m1/s1. The number of aromatic nitrogens is 3. The summed E-state index contributed by atoms with van der Waals surface area (Å²) in [4.78, 5) is 20.6. The molecule has 1 amide bonds. The van der Waals surface area contributed by atoms with Gasteiger partial charge in [0.2, 0.25) is 5.91 Å². The summed E-state index contributed by atoms with van der Waals surface area (Å²) < 4.78 is 7.44. The number of ether oxygens (including phenoxy) is 1. The molecule has 2 heterocycles. The molecule has 0 aliphatic heterocycles. The van der Waals surface area contributed by atoms with Crippen LogP contribution < -0.4 is 10.6 Å². The number of fused-ring (bicyclic) bond motifs is 1. The molecule has 1 saturated carbocycles. The number of aliphatic hydroxyl groups excluding tert-OH is 2. The van der Waals surface area contributed by atoms with Crippen LogP contribution in [0.1, 0.15) is 18.0 Å². The molecular formula is C23H29N5O4. The summed E-state index contributed by atoms with van der Waals surface area (Å²) in [5, 5.41) is 27.9. The van der Waals surface area contributed by atoms with Gasteiger partial charge in [-0.2, -0.15) is 0 Å². The molecule has 1 aromatic carbocycles. The number of amides is 1. The van der Waals surface area contributed by atoms with Crippen LogP contribution >= 0.6 is 0 Å². The number of benzene rings is 1. The first-order valence-corrected chi connectivity index (χ1v) is 10.8. The number of carbonyl (C=O) groups is 1. The van der Waals surface area contributed by atoms with Crippen LogP contribution in [-0.4, -0.2) is 69.7 Å². The average Bonchev–Trinajstić information content (AvgIpc) is 3.36. The molecule has 1 aliphatic rings. The summed E-state index contributed by atoms with van der Waals surface area (Å²) in [6.07, 6.45) is 2.70. The average molecular weight is 440 g/mol. The van der Waals surface area contributed by atoms with Crippen LogP contribution in [0, 0.1) is 5.92 Å². The number of carbonyl (C=O) groups excluding carboxylic acids is 1. The lowest BCUT2D eigenvalue weighted by Crippen LogP contribution is -2.33. The number of rotatable bonds is 9. The molecule has 9 heteroatoms. The summed E-state index contributed by atoms with van der Waals surface area (Å²) in [5.41, 5.74) is 1.85. The van der Waals surface area contributed by atoms with Crippen molar-refractivity contribution in [2.75, 3.05) is 32.1 Å². The van der Waals surface area contributed by atoms with E-state index < -0.39 is 12.2 Å². The Bertz CT molecular complexity index is 1040. The largest absolute Gasteiger partial charge is 0.390 e. The van der Waals surface area contributed by atoms with E-state index in [-0.39, 0.29) is 31.1 Å². The van der Waals surface area contributed by atoms with Crippen molar-refractivity contribution in [2.45, 2.75) is 31.1 Å². The third-order valence-electron chi connectivity index (χ3n) is 6.02. The molecule has 2 aromatic heterocycles. The minimum atomic E-state index is -0.952. The summed E-state index contributed by atoms with van der Waals surface area (Å²) >= 11 is 0. The van der Waals surface area contributed by atoms with E-state index in [0.29, 0.717) is 24.4 Å². The Labute approximate surface area is 186 Å². The first kappa shape index (κ1) is 22.2. The lowest BCUT2D eigenvalue weighted by Gasteiger charge is -2.19. The molecular weight excluding hydrogens is 410 g/mol. The van der Waals surface area contributed by atoms with E-state index in [0.717, 1.165) is 17.4 Å². The van der Waals surface area contributed by atoms with Gasteiger partial charge < -0.3 is 30.2 Å². The van der Waals surface area contributed by atoms with Gasteiger partial charge in [-0.1, -0.05) is 30.3 Å². The molecule has 0 unspecified atom stereocenters. The van der Waals surface area contributed by atoms with Crippen LogP contribution in [0.3, 0.4) is 0 Å². The smallest absolute Gasteiger partial charge is 0.246 e. The predicted molar refractivity (Wildman–Crippen MR) is 120 cm³/mol. The van der Waals surface area contributed by atoms with Gasteiger partial charge in [-0.15, -0.1) is 0 Å². The minimum Gasteiger partial charge on any atom is -0.390 e. The zero-order valence-corrected chi connectivity index (χ0v) is 18.0. The quantitative estimate of drug-likeness (QED) is 0.394. The number of hydrogen-bond donors (Lipinski definition) is 4. The molecule has 170 valence electrons. The van der Waals surface area contributed by atoms with Crippen LogP contribution in [0.2, 0.25) is 0 Å². The molecule has 0 saturated heterocycles. The molecule has 0 bridgehead atoms. The van der Waals surface area contributed by atoms with Gasteiger partial charge in [0.05, 0.1) is 24.1 Å². The zero-order valence-electron chi connectivity index (χ0n) is 18.0. The van der Waals surface area contributed by atoms with Crippen molar-refractivity contribution in [1.82, 2.24) is 19.9 Å². The van der Waals surface area contributed by atoms with Crippen molar-refractivity contribution in [2.24, 2.45) is 5.92 Å². The third kappa shape index (κ3) is 4.74. The van der Waals surface area contributed by atoms with E-state index in [1.807, 2.05) is 47.2 Å². The fraction of sp³-hybridized carbons (Fsp3) is 0.435. The second-order valence-corrected chi connectivity index (χ2v) is 8.08. The van der Waals surface area contributed by atoms with Gasteiger partial charge >= 0.3 is 0 Å². The molecule has 9 nitrogen and oxygen atoms in total. The molecule has 0 radical (unpaired) electrons. The van der Waals surface area contributed by atoms with Crippen LogP contribution in [-0.2, 0) is 16.0 Å². The Balaban J connectivity index is 1.28. The van der Waals surface area contributed by atoms with E-state index in [1.165, 1.54) is 6.33 Å². The summed E-state index contributed by atoms with van der Waals surface area (Å²) in [7, 11) is 1.79. The van der Waals surface area contributed by atoms with Crippen LogP contribution in [0.15, 0.2) is 48.9 Å². The fourth-order valence-electron chi connectivity index (χ4n) is 4.32. The van der Waals surface area contributed by atoms with Crippen molar-refractivity contribution < 1.29 is 19.7 Å². The predicted octanol–water partition coefficient (Wildman–Crippen LogP) is 1.13. The molecule has 4 rings (SSSR count). The lowest BCUT2D eigenvalue weighted by atomic mass is 10.1. The molecule has 4 N–H and O–H groups in total. The normalized spacial score (nSPS) is 22.8. The highest BCUT2D eigenvalue weighted by molar-refractivity contribution is 5.87. The van der Waals surface area contributed by atoms with E-state index >= 15 is 0 Å². The van der Waals surface area contributed by atoms with Crippen LogP contribution in [0.4, 0.5) is 5.82 Å². The Morgan fingerprint density at radius 3 is 2.78 bits per heavy atom. The highest BCUT2D eigenvalue weighted by Gasteiger charge is 2.43. The third-order valence-corrected chi connectivity index (χ3v) is 6.02. The SMILES string of the molecule is CNc1ncnc2c1ccn2[C@@H]1C[C@H](COCC(=O)NCCc2ccccc2)[C@@H](O)[C@H]1O. The Morgan fingerprint density at radius 2 is 2.00 bits per heavy atom. The van der Waals surface area contributed by atoms with Crippen molar-refractivity contribution in [3.05, 3.63) is 54.5 Å². The Kier molecular flexibility index (Phi) is 6.99. The van der Waals surface area contributed by atoms with Crippen molar-refractivity contribution in [3.63, 3.8) is 0 Å². The topological polar surface area (TPSA) is 122 Å². The highest BCUT2D eigenvalue weighted by Crippen LogP contribution is 2.37. The monoisotopic (exact) mass is 439 g/mol. The summed E-state index contributed by atoms with van der Waals surface area (Å²) in [6, 6.07) is 11.5. The number of aliphatic hydroxyl groups is 2. The second kappa shape index (κ2) is 10.1. The highest BCUT2D eigenvalue weighted by atomic mass is 16.5. The number of nitrogens with zero attached hydrogens (tertiary/aromatic N) is 3. The number of nitrogens with one attached hydrogen (secondary N) is 2. The van der Waals surface area contributed by atoms with Gasteiger partial charge in [-0.25, -0.2) is 9.97 Å². The molecule has 1 fully saturated rings. The van der Waals surface area contributed by atoms with E-state index in [1.54, 1.807) is 7.05 Å². The lowest BCUT2D eigenvalue weighted by molar-refractivity contribution is -0.126. The van der Waals surface area contributed by atoms with Gasteiger partial charge in [0.15, 0.2) is 0 Å². The maximum absolute atomic E-state index is 12.0. The molecule has 0 spiro atoms. The van der Waals surface area contributed by atoms with Crippen LogP contribution in [0.25, 0.3) is 11.0 Å². The zero-order chi connectivity index (χ0) is 22.5. The van der Waals surface area contributed by atoms with Crippen molar-refractivity contribution >= 4 is 22.8 Å². The first-order valence-electron chi connectivity index (χ1n) is 10.8. The molecule has 1 aliphatic carbocycles. The Hall–Kier alpha value is -3.01. The van der Waals surface area contributed by atoms with E-state index in [9.17, 15) is 15.0 Å². The summed E-state index contributed by atoms with van der Waals surface area (Å²) in [6.45, 7) is 0.650. The fourth-order valence-corrected chi connectivity index (χ4v) is 4.32. The molecule has 4 atom stereocenters. The van der Waals surface area contributed by atoms with Gasteiger partial charge in [0.1, 0.15) is 30.5 Å². The molecule has 3 aromatic rings. The first-order chi connectivity index (χ1) is 15.6. The maximum atomic E-state index is 12.0. The van der Waals surface area contributed by atoms with Gasteiger partial charge in [0.25, 0.3) is 0 Å². The van der Waals surface area contributed by atoms with Crippen molar-refractivity contribution in [3.8, 4) is 0 Å². The number of hydrogen-bond acceptors (Lipinski definition) is 7. The van der Waals surface area contributed by atoms with Gasteiger partial charge in [0, 0.05) is 25.7 Å². The Morgan fingerprint density at radius 1 is 1.19 bits per heavy atom. The van der Waals surface area contributed by atoms with Gasteiger partial charge in [-0.05, 0) is 24.5 Å². The second-order valence-electron chi connectivity index (χ2n) is 8.08.